The van der Waals surface area contributed by atoms with E-state index in [1.54, 1.807) is 4.68 Å². The molecule has 8 nitrogen and oxygen atoms in total. The molecule has 3 aromatic rings. The number of aromatic nitrogens is 4. The summed E-state index contributed by atoms with van der Waals surface area (Å²) in [5.41, 5.74) is 4.19. The van der Waals surface area contributed by atoms with E-state index in [0.717, 1.165) is 41.6 Å². The molecule has 1 fully saturated rings. The molecule has 2 aromatic heterocycles. The van der Waals surface area contributed by atoms with Crippen molar-refractivity contribution < 1.29 is 13.2 Å². The number of imidazole rings is 1. The summed E-state index contributed by atoms with van der Waals surface area (Å²) >= 11 is 0. The van der Waals surface area contributed by atoms with Crippen LogP contribution >= 0.6 is 0 Å². The quantitative estimate of drug-likeness (QED) is 0.692. The number of carbonyl (C=O) groups excluding carboxylic acids is 1. The predicted octanol–water partition coefficient (Wildman–Crippen LogP) is 1.54. The van der Waals surface area contributed by atoms with Crippen molar-refractivity contribution in [2.45, 2.75) is 38.3 Å². The molecular formula is C19H21N5O3S. The zero-order valence-corrected chi connectivity index (χ0v) is 16.1. The van der Waals surface area contributed by atoms with E-state index in [-0.39, 0.29) is 30.0 Å². The number of hydrogen-bond donors (Lipinski definition) is 2. The smallest absolute Gasteiger partial charge is 0.270 e. The topological polar surface area (TPSA) is 110 Å². The molecule has 1 aromatic carbocycles. The second kappa shape index (κ2) is 6.44. The first kappa shape index (κ1) is 17.4. The van der Waals surface area contributed by atoms with E-state index in [9.17, 15) is 13.2 Å². The highest BCUT2D eigenvalue weighted by Crippen LogP contribution is 2.31. The van der Waals surface area contributed by atoms with E-state index in [0.29, 0.717) is 17.9 Å². The van der Waals surface area contributed by atoms with Gasteiger partial charge < -0.3 is 10.3 Å². The van der Waals surface area contributed by atoms with Crippen LogP contribution in [-0.4, -0.2) is 45.6 Å². The van der Waals surface area contributed by atoms with Gasteiger partial charge in [-0.05, 0) is 37.8 Å². The van der Waals surface area contributed by atoms with Gasteiger partial charge in [0.25, 0.3) is 5.91 Å². The Bertz CT molecular complexity index is 1140. The fraction of sp³-hybridized carbons (Fsp3) is 0.421. The third-order valence-corrected chi connectivity index (χ3v) is 7.31. The number of sulfone groups is 1. The van der Waals surface area contributed by atoms with Gasteiger partial charge in [0.1, 0.15) is 11.5 Å². The number of H-pyrrole nitrogens is 1. The third kappa shape index (κ3) is 2.99. The first-order valence-electron chi connectivity index (χ1n) is 9.53. The summed E-state index contributed by atoms with van der Waals surface area (Å²) in [5, 5.41) is 7.55. The standard InChI is InChI=1S/C19H21N5O3S/c25-19(20-10-17-21-15-5-1-2-6-16(15)22-17)18-13-4-3-7-14(13)23-24(18)12-8-9-28(26,27)11-12/h1-2,5-6,12H,3-4,7-11H2,(H,20,25)(H,21,22)/t12-/m0/s1. The molecule has 0 radical (unpaired) electrons. The van der Waals surface area contributed by atoms with Crippen LogP contribution in [0.2, 0.25) is 0 Å². The molecule has 146 valence electrons. The fourth-order valence-electron chi connectivity index (χ4n) is 4.22. The minimum absolute atomic E-state index is 0.0530. The predicted molar refractivity (Wildman–Crippen MR) is 104 cm³/mol. The zero-order chi connectivity index (χ0) is 19.3. The lowest BCUT2D eigenvalue weighted by molar-refractivity contribution is 0.0936. The summed E-state index contributed by atoms with van der Waals surface area (Å²) in [6.07, 6.45) is 3.13. The molecule has 1 aliphatic heterocycles. The molecule has 28 heavy (non-hydrogen) atoms. The molecule has 3 heterocycles. The molecule has 0 saturated carbocycles. The Morgan fingerprint density at radius 1 is 1.29 bits per heavy atom. The second-order valence-electron chi connectivity index (χ2n) is 7.51. The van der Waals surface area contributed by atoms with Gasteiger partial charge in [-0.1, -0.05) is 12.1 Å². The van der Waals surface area contributed by atoms with Gasteiger partial charge in [0, 0.05) is 5.56 Å². The third-order valence-electron chi connectivity index (χ3n) is 5.56. The molecule has 1 saturated heterocycles. The lowest BCUT2D eigenvalue weighted by Crippen LogP contribution is -2.29. The van der Waals surface area contributed by atoms with E-state index in [1.165, 1.54) is 0 Å². The van der Waals surface area contributed by atoms with Gasteiger partial charge in [-0.25, -0.2) is 13.4 Å². The van der Waals surface area contributed by atoms with E-state index in [4.69, 9.17) is 0 Å². The minimum Gasteiger partial charge on any atom is -0.343 e. The van der Waals surface area contributed by atoms with E-state index in [1.807, 2.05) is 24.3 Å². The monoisotopic (exact) mass is 399 g/mol. The SMILES string of the molecule is O=C(NCc1nc2ccccc2[nH]1)c1c2c(nn1[C@H]1CCS(=O)(=O)C1)CCC2. The molecule has 2 aliphatic rings. The molecule has 1 aliphatic carbocycles. The molecule has 9 heteroatoms. The number of para-hydroxylation sites is 2. The molecule has 0 spiro atoms. The lowest BCUT2D eigenvalue weighted by Gasteiger charge is -2.14. The fourth-order valence-corrected chi connectivity index (χ4v) is 5.91. The number of benzene rings is 1. The van der Waals surface area contributed by atoms with Gasteiger partial charge >= 0.3 is 0 Å². The van der Waals surface area contributed by atoms with Gasteiger partial charge in [0.15, 0.2) is 9.84 Å². The van der Waals surface area contributed by atoms with Gasteiger partial charge in [-0.15, -0.1) is 0 Å². The lowest BCUT2D eigenvalue weighted by atomic mass is 10.1. The highest BCUT2D eigenvalue weighted by molar-refractivity contribution is 7.91. The molecule has 5 rings (SSSR count). The summed E-state index contributed by atoms with van der Waals surface area (Å²) in [6.45, 7) is 0.274. The maximum atomic E-state index is 13.0. The van der Waals surface area contributed by atoms with E-state index in [2.05, 4.69) is 20.4 Å². The zero-order valence-electron chi connectivity index (χ0n) is 15.3. The van der Waals surface area contributed by atoms with Crippen molar-refractivity contribution in [2.75, 3.05) is 11.5 Å². The highest BCUT2D eigenvalue weighted by atomic mass is 32.2. The van der Waals surface area contributed by atoms with Gasteiger partial charge in [-0.3, -0.25) is 9.48 Å². The van der Waals surface area contributed by atoms with Crippen LogP contribution < -0.4 is 5.32 Å². The average molecular weight is 399 g/mol. The Kier molecular flexibility index (Phi) is 4.01. The van der Waals surface area contributed by atoms with Gasteiger partial charge in [-0.2, -0.15) is 5.10 Å². The van der Waals surface area contributed by atoms with Crippen molar-refractivity contribution in [2.24, 2.45) is 0 Å². The number of aryl methyl sites for hydroxylation is 1. The highest BCUT2D eigenvalue weighted by Gasteiger charge is 2.35. The number of carbonyl (C=O) groups is 1. The van der Waals surface area contributed by atoms with Crippen molar-refractivity contribution in [3.05, 3.63) is 47.0 Å². The number of fused-ring (bicyclic) bond motifs is 2. The Labute approximate surface area is 162 Å². The van der Waals surface area contributed by atoms with Crippen molar-refractivity contribution >= 4 is 26.8 Å². The number of nitrogens with zero attached hydrogens (tertiary/aromatic N) is 3. The average Bonchev–Trinajstić information content (AvgIpc) is 3.40. The van der Waals surface area contributed by atoms with Crippen LogP contribution in [0.3, 0.4) is 0 Å². The maximum Gasteiger partial charge on any atom is 0.270 e. The van der Waals surface area contributed by atoms with Crippen LogP contribution in [0, 0.1) is 0 Å². The van der Waals surface area contributed by atoms with Crippen molar-refractivity contribution in [1.82, 2.24) is 25.1 Å². The second-order valence-corrected chi connectivity index (χ2v) is 9.74. The largest absolute Gasteiger partial charge is 0.343 e. The van der Waals surface area contributed by atoms with E-state index >= 15 is 0 Å². The van der Waals surface area contributed by atoms with Crippen LogP contribution in [0.1, 0.15) is 46.5 Å². The summed E-state index contributed by atoms with van der Waals surface area (Å²) in [6, 6.07) is 7.45. The maximum absolute atomic E-state index is 13.0. The van der Waals surface area contributed by atoms with E-state index < -0.39 is 9.84 Å². The van der Waals surface area contributed by atoms with Gasteiger partial charge in [0.05, 0.1) is 40.8 Å². The normalized spacial score (nSPS) is 20.5. The van der Waals surface area contributed by atoms with Crippen LogP contribution in [0.5, 0.6) is 0 Å². The molecule has 2 N–H and O–H groups in total. The number of amides is 1. The summed E-state index contributed by atoms with van der Waals surface area (Å²) in [4.78, 5) is 20.7. The molecular weight excluding hydrogens is 378 g/mol. The van der Waals surface area contributed by atoms with Crippen molar-refractivity contribution in [1.29, 1.82) is 0 Å². The van der Waals surface area contributed by atoms with Crippen molar-refractivity contribution in [3.8, 4) is 0 Å². The summed E-state index contributed by atoms with van der Waals surface area (Å²) < 4.78 is 25.5. The Hall–Kier alpha value is -2.68. The summed E-state index contributed by atoms with van der Waals surface area (Å²) in [7, 11) is -3.06. The minimum atomic E-state index is -3.06. The number of nitrogens with one attached hydrogen (secondary N) is 2. The number of rotatable bonds is 4. The van der Waals surface area contributed by atoms with Crippen molar-refractivity contribution in [3.63, 3.8) is 0 Å². The Morgan fingerprint density at radius 2 is 2.14 bits per heavy atom. The number of aromatic amines is 1. The first-order valence-corrected chi connectivity index (χ1v) is 11.3. The molecule has 1 atom stereocenters. The van der Waals surface area contributed by atoms with Crippen LogP contribution in [0.25, 0.3) is 11.0 Å². The van der Waals surface area contributed by atoms with Crippen LogP contribution in [0.15, 0.2) is 24.3 Å². The van der Waals surface area contributed by atoms with Gasteiger partial charge in [0.2, 0.25) is 0 Å². The number of hydrogen-bond acceptors (Lipinski definition) is 5. The van der Waals surface area contributed by atoms with Crippen LogP contribution in [-0.2, 0) is 29.2 Å². The Morgan fingerprint density at radius 3 is 2.93 bits per heavy atom. The molecule has 0 bridgehead atoms. The first-order chi connectivity index (χ1) is 13.5. The molecule has 1 amide bonds. The van der Waals surface area contributed by atoms with Crippen LogP contribution in [0.4, 0.5) is 0 Å². The Balaban J connectivity index is 1.41. The molecule has 0 unspecified atom stereocenters. The summed E-state index contributed by atoms with van der Waals surface area (Å²) in [5.74, 6) is 0.667.